The van der Waals surface area contributed by atoms with Gasteiger partial charge < -0.3 is 4.90 Å². The minimum absolute atomic E-state index is 1.03. The maximum absolute atomic E-state index is 2.40. The molecule has 0 bridgehead atoms. The van der Waals surface area contributed by atoms with E-state index in [1.165, 1.54) is 28.3 Å². The molecule has 3 aromatic carbocycles. The van der Waals surface area contributed by atoms with Gasteiger partial charge in [0.05, 0.1) is 0 Å². The van der Waals surface area contributed by atoms with Crippen LogP contribution in [-0.2, 0) is 13.0 Å². The molecule has 0 aliphatic rings. The van der Waals surface area contributed by atoms with Gasteiger partial charge in [0, 0.05) is 6.54 Å². The van der Waals surface area contributed by atoms with Crippen molar-refractivity contribution in [2.24, 2.45) is 0 Å². The maximum Gasteiger partial charge on any atom is 0.0230 e. The molecule has 0 spiro atoms. The second-order valence-corrected chi connectivity index (χ2v) is 6.01. The molecule has 0 amide bonds. The molecule has 22 heavy (non-hydrogen) atoms. The third-order valence-corrected chi connectivity index (χ3v) is 4.11. The fourth-order valence-electron chi connectivity index (χ4n) is 2.92. The van der Waals surface area contributed by atoms with Crippen LogP contribution in [0.15, 0.2) is 72.8 Å². The summed E-state index contributed by atoms with van der Waals surface area (Å²) in [6.07, 6.45) is 2.34. The Morgan fingerprint density at radius 3 is 2.27 bits per heavy atom. The van der Waals surface area contributed by atoms with Crippen LogP contribution in [-0.4, -0.2) is 18.5 Å². The summed E-state index contributed by atoms with van der Waals surface area (Å²) < 4.78 is 0. The second kappa shape index (κ2) is 7.24. The fraction of sp³-hybridized carbons (Fsp3) is 0.238. The SMILES string of the molecule is CN(CCCc1ccc2ccccc2c1)Cc1ccccc1. The van der Waals surface area contributed by atoms with Crippen LogP contribution in [0.5, 0.6) is 0 Å². The van der Waals surface area contributed by atoms with Crippen LogP contribution in [0.4, 0.5) is 0 Å². The number of rotatable bonds is 6. The Morgan fingerprint density at radius 1 is 0.727 bits per heavy atom. The lowest BCUT2D eigenvalue weighted by Gasteiger charge is -2.16. The molecule has 0 aromatic heterocycles. The Kier molecular flexibility index (Phi) is 4.87. The van der Waals surface area contributed by atoms with Crippen molar-refractivity contribution in [2.75, 3.05) is 13.6 Å². The molecule has 0 atom stereocenters. The van der Waals surface area contributed by atoms with E-state index in [1.807, 2.05) is 0 Å². The van der Waals surface area contributed by atoms with E-state index in [0.29, 0.717) is 0 Å². The summed E-state index contributed by atoms with van der Waals surface area (Å²) in [5.74, 6) is 0. The van der Waals surface area contributed by atoms with E-state index in [4.69, 9.17) is 0 Å². The van der Waals surface area contributed by atoms with Gasteiger partial charge in [-0.25, -0.2) is 0 Å². The highest BCUT2D eigenvalue weighted by Crippen LogP contribution is 2.16. The topological polar surface area (TPSA) is 3.24 Å². The minimum atomic E-state index is 1.03. The van der Waals surface area contributed by atoms with Crippen molar-refractivity contribution < 1.29 is 0 Å². The van der Waals surface area contributed by atoms with E-state index >= 15 is 0 Å². The molecule has 3 aromatic rings. The zero-order chi connectivity index (χ0) is 15.2. The number of benzene rings is 3. The lowest BCUT2D eigenvalue weighted by molar-refractivity contribution is 0.322. The van der Waals surface area contributed by atoms with Gasteiger partial charge in [0.25, 0.3) is 0 Å². The van der Waals surface area contributed by atoms with Gasteiger partial charge >= 0.3 is 0 Å². The van der Waals surface area contributed by atoms with Gasteiger partial charge in [-0.15, -0.1) is 0 Å². The molecule has 0 saturated carbocycles. The third kappa shape index (κ3) is 3.96. The van der Waals surface area contributed by atoms with Crippen LogP contribution < -0.4 is 0 Å². The molecule has 0 radical (unpaired) electrons. The van der Waals surface area contributed by atoms with Gasteiger partial charge in [-0.1, -0.05) is 72.8 Å². The van der Waals surface area contributed by atoms with Crippen molar-refractivity contribution in [2.45, 2.75) is 19.4 Å². The van der Waals surface area contributed by atoms with Crippen molar-refractivity contribution >= 4 is 10.8 Å². The summed E-state index contributed by atoms with van der Waals surface area (Å²) in [6.45, 7) is 2.15. The van der Waals surface area contributed by atoms with Gasteiger partial charge in [0.2, 0.25) is 0 Å². The maximum atomic E-state index is 2.40. The van der Waals surface area contributed by atoms with E-state index in [0.717, 1.165) is 19.5 Å². The van der Waals surface area contributed by atoms with Crippen LogP contribution in [0.25, 0.3) is 10.8 Å². The fourth-order valence-corrected chi connectivity index (χ4v) is 2.92. The highest BCUT2D eigenvalue weighted by Gasteiger charge is 2.01. The van der Waals surface area contributed by atoms with Crippen LogP contribution in [0.1, 0.15) is 17.5 Å². The van der Waals surface area contributed by atoms with Crippen molar-refractivity contribution in [3.8, 4) is 0 Å². The van der Waals surface area contributed by atoms with Crippen molar-refractivity contribution in [3.05, 3.63) is 83.9 Å². The highest BCUT2D eigenvalue weighted by atomic mass is 15.1. The highest BCUT2D eigenvalue weighted by molar-refractivity contribution is 5.82. The molecule has 0 aliphatic heterocycles. The van der Waals surface area contributed by atoms with Gasteiger partial charge in [-0.3, -0.25) is 0 Å². The third-order valence-electron chi connectivity index (χ3n) is 4.11. The summed E-state index contributed by atoms with van der Waals surface area (Å²) in [5, 5.41) is 2.67. The van der Waals surface area contributed by atoms with E-state index < -0.39 is 0 Å². The van der Waals surface area contributed by atoms with E-state index in [2.05, 4.69) is 84.7 Å². The zero-order valence-electron chi connectivity index (χ0n) is 13.2. The van der Waals surface area contributed by atoms with Crippen LogP contribution >= 0.6 is 0 Å². The van der Waals surface area contributed by atoms with Crippen LogP contribution in [0.2, 0.25) is 0 Å². The number of aryl methyl sites for hydroxylation is 1. The standard InChI is InChI=1S/C21H23N/c1-22(17-19-8-3-2-4-9-19)15-7-10-18-13-14-20-11-5-6-12-21(20)16-18/h2-6,8-9,11-14,16H,7,10,15,17H2,1H3. The van der Waals surface area contributed by atoms with Gasteiger partial charge in [0.15, 0.2) is 0 Å². The largest absolute Gasteiger partial charge is 0.302 e. The first-order valence-corrected chi connectivity index (χ1v) is 8.01. The van der Waals surface area contributed by atoms with Crippen molar-refractivity contribution in [1.29, 1.82) is 0 Å². The quantitative estimate of drug-likeness (QED) is 0.623. The molecular formula is C21H23N. The molecule has 1 heteroatoms. The van der Waals surface area contributed by atoms with E-state index in [1.54, 1.807) is 0 Å². The van der Waals surface area contributed by atoms with Crippen LogP contribution in [0.3, 0.4) is 0 Å². The van der Waals surface area contributed by atoms with Gasteiger partial charge in [0.1, 0.15) is 0 Å². The number of fused-ring (bicyclic) bond motifs is 1. The molecule has 0 heterocycles. The van der Waals surface area contributed by atoms with E-state index in [-0.39, 0.29) is 0 Å². The molecule has 0 saturated heterocycles. The number of nitrogens with zero attached hydrogens (tertiary/aromatic N) is 1. The normalized spacial score (nSPS) is 11.2. The summed E-state index contributed by atoms with van der Waals surface area (Å²) >= 11 is 0. The molecule has 0 aliphatic carbocycles. The smallest absolute Gasteiger partial charge is 0.0230 e. The summed E-state index contributed by atoms with van der Waals surface area (Å²) in [5.41, 5.74) is 2.82. The Hall–Kier alpha value is -2.12. The van der Waals surface area contributed by atoms with E-state index in [9.17, 15) is 0 Å². The Bertz CT molecular complexity index is 718. The zero-order valence-corrected chi connectivity index (χ0v) is 13.2. The number of hydrogen-bond donors (Lipinski definition) is 0. The Balaban J connectivity index is 1.51. The van der Waals surface area contributed by atoms with Gasteiger partial charge in [-0.05, 0) is 48.3 Å². The predicted octanol–water partition coefficient (Wildman–Crippen LogP) is 4.90. The first kappa shape index (κ1) is 14.8. The van der Waals surface area contributed by atoms with Crippen molar-refractivity contribution in [3.63, 3.8) is 0 Å². The molecule has 0 unspecified atom stereocenters. The summed E-state index contributed by atoms with van der Waals surface area (Å²) in [7, 11) is 2.20. The minimum Gasteiger partial charge on any atom is -0.302 e. The first-order valence-electron chi connectivity index (χ1n) is 8.01. The summed E-state index contributed by atoms with van der Waals surface area (Å²) in [6, 6.07) is 26.1. The predicted molar refractivity (Wildman–Crippen MR) is 95.0 cm³/mol. The molecule has 3 rings (SSSR count). The molecule has 112 valence electrons. The molecule has 0 fully saturated rings. The average Bonchev–Trinajstić information content (AvgIpc) is 2.55. The molecular weight excluding hydrogens is 266 g/mol. The Labute approximate surface area is 133 Å². The van der Waals surface area contributed by atoms with Gasteiger partial charge in [-0.2, -0.15) is 0 Å². The van der Waals surface area contributed by atoms with Crippen LogP contribution in [0, 0.1) is 0 Å². The summed E-state index contributed by atoms with van der Waals surface area (Å²) in [4.78, 5) is 2.40. The Morgan fingerprint density at radius 2 is 1.45 bits per heavy atom. The number of hydrogen-bond acceptors (Lipinski definition) is 1. The molecule has 0 N–H and O–H groups in total. The monoisotopic (exact) mass is 289 g/mol. The lowest BCUT2D eigenvalue weighted by Crippen LogP contribution is -2.19. The van der Waals surface area contributed by atoms with Crippen molar-refractivity contribution in [1.82, 2.24) is 4.90 Å². The molecule has 1 nitrogen and oxygen atoms in total. The first-order chi connectivity index (χ1) is 10.8. The lowest BCUT2D eigenvalue weighted by atomic mass is 10.0. The second-order valence-electron chi connectivity index (χ2n) is 6.01. The average molecular weight is 289 g/mol.